The lowest BCUT2D eigenvalue weighted by atomic mass is 10.2. The van der Waals surface area contributed by atoms with E-state index in [0.29, 0.717) is 38.2 Å². The first kappa shape index (κ1) is 21.5. The number of nitrogens with zero attached hydrogens (tertiary/aromatic N) is 4. The number of amides is 2. The number of aliphatic hydroxyl groups is 1. The largest absolute Gasteiger partial charge is 0.395 e. The fourth-order valence-electron chi connectivity index (χ4n) is 3.46. The second kappa shape index (κ2) is 10.0. The Morgan fingerprint density at radius 3 is 2.65 bits per heavy atom. The van der Waals surface area contributed by atoms with Crippen LogP contribution in [0.1, 0.15) is 18.5 Å². The zero-order chi connectivity index (χ0) is 21.6. The predicted molar refractivity (Wildman–Crippen MR) is 119 cm³/mol. The van der Waals surface area contributed by atoms with E-state index in [-0.39, 0.29) is 12.6 Å². The number of likely N-dealkylation sites (N-methyl/N-ethyl adjacent to an activating group) is 1. The Labute approximate surface area is 182 Å². The monoisotopic (exact) mass is 426 g/mol. The molecule has 2 amide bonds. The predicted octanol–water partition coefficient (Wildman–Crippen LogP) is 1.69. The quantitative estimate of drug-likeness (QED) is 0.590. The molecule has 1 aliphatic heterocycles. The highest BCUT2D eigenvalue weighted by Crippen LogP contribution is 2.24. The van der Waals surface area contributed by atoms with Crippen LogP contribution in [0.2, 0.25) is 0 Å². The third kappa shape index (κ3) is 6.13. The van der Waals surface area contributed by atoms with Crippen LogP contribution in [0.3, 0.4) is 0 Å². The number of aliphatic hydroxyl groups excluding tert-OH is 1. The normalized spacial score (nSPS) is 16.4. The van der Waals surface area contributed by atoms with E-state index in [1.807, 2.05) is 42.3 Å². The lowest BCUT2D eigenvalue weighted by molar-refractivity contribution is 0.122. The van der Waals surface area contributed by atoms with Crippen molar-refractivity contribution < 1.29 is 14.6 Å². The van der Waals surface area contributed by atoms with Gasteiger partial charge in [-0.1, -0.05) is 0 Å². The van der Waals surface area contributed by atoms with E-state index >= 15 is 0 Å². The number of urea groups is 1. The van der Waals surface area contributed by atoms with E-state index in [0.717, 1.165) is 48.7 Å². The van der Waals surface area contributed by atoms with Crippen molar-refractivity contribution in [3.05, 3.63) is 36.0 Å². The summed E-state index contributed by atoms with van der Waals surface area (Å²) in [6.07, 6.45) is 2.11. The van der Waals surface area contributed by atoms with Crippen molar-refractivity contribution in [2.75, 3.05) is 56.7 Å². The molecule has 2 fully saturated rings. The molecular formula is C22H30N6O3. The Bertz CT molecular complexity index is 881. The molecule has 0 atom stereocenters. The van der Waals surface area contributed by atoms with E-state index in [2.05, 4.69) is 15.5 Å². The van der Waals surface area contributed by atoms with Crippen molar-refractivity contribution in [3.8, 4) is 11.4 Å². The molecule has 4 rings (SSSR count). The molecule has 31 heavy (non-hydrogen) atoms. The van der Waals surface area contributed by atoms with Crippen molar-refractivity contribution >= 4 is 17.5 Å². The first-order valence-electron chi connectivity index (χ1n) is 10.8. The maximum Gasteiger partial charge on any atom is 0.319 e. The Kier molecular flexibility index (Phi) is 6.96. The molecule has 9 heteroatoms. The topological polar surface area (TPSA) is 103 Å². The van der Waals surface area contributed by atoms with Gasteiger partial charge in [-0.05, 0) is 44.2 Å². The Hall–Kier alpha value is -2.75. The summed E-state index contributed by atoms with van der Waals surface area (Å²) in [6, 6.07) is 9.74. The molecule has 3 N–H and O–H groups in total. The number of hydrogen-bond acceptors (Lipinski definition) is 7. The van der Waals surface area contributed by atoms with Crippen molar-refractivity contribution in [1.82, 2.24) is 20.2 Å². The highest BCUT2D eigenvalue weighted by atomic mass is 16.5. The maximum atomic E-state index is 12.0. The van der Waals surface area contributed by atoms with Crippen molar-refractivity contribution in [2.45, 2.75) is 25.4 Å². The van der Waals surface area contributed by atoms with E-state index in [4.69, 9.17) is 14.7 Å². The molecular weight excluding hydrogens is 396 g/mol. The molecule has 1 saturated heterocycles. The number of rotatable bonds is 8. The number of ether oxygens (including phenoxy) is 1. The van der Waals surface area contributed by atoms with E-state index in [1.54, 1.807) is 0 Å². The minimum atomic E-state index is -0.171. The van der Waals surface area contributed by atoms with Gasteiger partial charge in [0.15, 0.2) is 5.82 Å². The van der Waals surface area contributed by atoms with Crippen LogP contribution in [-0.2, 0) is 11.3 Å². The molecule has 0 radical (unpaired) electrons. The van der Waals surface area contributed by atoms with Gasteiger partial charge in [0.2, 0.25) is 0 Å². The number of carbonyl (C=O) groups is 1. The highest BCUT2D eigenvalue weighted by molar-refractivity contribution is 5.89. The van der Waals surface area contributed by atoms with Gasteiger partial charge in [0.1, 0.15) is 5.82 Å². The van der Waals surface area contributed by atoms with Crippen molar-refractivity contribution in [1.29, 1.82) is 0 Å². The van der Waals surface area contributed by atoms with Gasteiger partial charge < -0.3 is 25.4 Å². The summed E-state index contributed by atoms with van der Waals surface area (Å²) in [6.45, 7) is 4.25. The van der Waals surface area contributed by atoms with Gasteiger partial charge >= 0.3 is 6.03 Å². The van der Waals surface area contributed by atoms with Crippen LogP contribution in [0, 0.1) is 0 Å². The summed E-state index contributed by atoms with van der Waals surface area (Å²) in [5.41, 5.74) is 2.51. The molecule has 1 aromatic heterocycles. The molecule has 1 saturated carbocycles. The van der Waals surface area contributed by atoms with E-state index in [9.17, 15) is 9.90 Å². The zero-order valence-corrected chi connectivity index (χ0v) is 17.9. The zero-order valence-electron chi connectivity index (χ0n) is 17.9. The van der Waals surface area contributed by atoms with Crippen LogP contribution in [0.4, 0.5) is 16.3 Å². The van der Waals surface area contributed by atoms with E-state index in [1.165, 1.54) is 0 Å². The van der Waals surface area contributed by atoms with Crippen molar-refractivity contribution in [3.63, 3.8) is 0 Å². The fraction of sp³-hybridized carbons (Fsp3) is 0.500. The average molecular weight is 427 g/mol. The Morgan fingerprint density at radius 1 is 1.23 bits per heavy atom. The summed E-state index contributed by atoms with van der Waals surface area (Å²) in [7, 11) is 1.96. The standard InChI is InChI=1S/C22H30N6O3/c1-27(8-11-29)15-19-14-20(28-9-12-31-13-10-28)26-21(23-19)16-2-4-17(5-3-16)24-22(30)25-18-6-7-18/h2-5,14,18,29H,6-13,15H2,1H3,(H2,24,25,30). The SMILES string of the molecule is CN(CCO)Cc1cc(N2CCOCC2)nc(-c2ccc(NC(=O)NC3CC3)cc2)n1. The molecule has 2 aromatic rings. The molecule has 0 bridgehead atoms. The van der Waals surface area contributed by atoms with Crippen LogP contribution in [-0.4, -0.2) is 78.5 Å². The van der Waals surface area contributed by atoms with Gasteiger partial charge in [0, 0.05) is 49.5 Å². The molecule has 2 heterocycles. The molecule has 0 spiro atoms. The van der Waals surface area contributed by atoms with Crippen molar-refractivity contribution in [2.24, 2.45) is 0 Å². The molecule has 0 unspecified atom stereocenters. The third-order valence-corrected chi connectivity index (χ3v) is 5.33. The Morgan fingerprint density at radius 2 is 1.97 bits per heavy atom. The first-order valence-corrected chi connectivity index (χ1v) is 10.8. The number of morpholine rings is 1. The van der Waals surface area contributed by atoms with Gasteiger partial charge in [-0.2, -0.15) is 0 Å². The smallest absolute Gasteiger partial charge is 0.319 e. The van der Waals surface area contributed by atoms with Gasteiger partial charge in [-0.3, -0.25) is 4.90 Å². The summed E-state index contributed by atoms with van der Waals surface area (Å²) in [5, 5.41) is 15.0. The van der Waals surface area contributed by atoms with Crippen LogP contribution >= 0.6 is 0 Å². The number of carbonyl (C=O) groups excluding carboxylic acids is 1. The van der Waals surface area contributed by atoms with Crippen LogP contribution in [0.25, 0.3) is 11.4 Å². The molecule has 9 nitrogen and oxygen atoms in total. The van der Waals surface area contributed by atoms with Gasteiger partial charge in [-0.15, -0.1) is 0 Å². The number of nitrogens with one attached hydrogen (secondary N) is 2. The first-order chi connectivity index (χ1) is 15.1. The third-order valence-electron chi connectivity index (χ3n) is 5.33. The lowest BCUT2D eigenvalue weighted by Gasteiger charge is -2.28. The summed E-state index contributed by atoms with van der Waals surface area (Å²) in [5.74, 6) is 1.53. The minimum Gasteiger partial charge on any atom is -0.395 e. The second-order valence-electron chi connectivity index (χ2n) is 8.05. The molecule has 166 valence electrons. The lowest BCUT2D eigenvalue weighted by Crippen LogP contribution is -2.37. The molecule has 1 aromatic carbocycles. The summed E-state index contributed by atoms with van der Waals surface area (Å²) >= 11 is 0. The average Bonchev–Trinajstić information content (AvgIpc) is 3.58. The van der Waals surface area contributed by atoms with Crippen LogP contribution in [0.15, 0.2) is 30.3 Å². The summed E-state index contributed by atoms with van der Waals surface area (Å²) in [4.78, 5) is 25.8. The number of anilines is 2. The van der Waals surface area contributed by atoms with Gasteiger partial charge in [-0.25, -0.2) is 14.8 Å². The van der Waals surface area contributed by atoms with Crippen LogP contribution < -0.4 is 15.5 Å². The highest BCUT2D eigenvalue weighted by Gasteiger charge is 2.23. The van der Waals surface area contributed by atoms with E-state index < -0.39 is 0 Å². The van der Waals surface area contributed by atoms with Gasteiger partial charge in [0.05, 0.1) is 25.5 Å². The Balaban J connectivity index is 1.54. The van der Waals surface area contributed by atoms with Crippen LogP contribution in [0.5, 0.6) is 0 Å². The summed E-state index contributed by atoms with van der Waals surface area (Å²) < 4.78 is 5.47. The fourth-order valence-corrected chi connectivity index (χ4v) is 3.46. The number of hydrogen-bond donors (Lipinski definition) is 3. The number of aromatic nitrogens is 2. The van der Waals surface area contributed by atoms with Gasteiger partial charge in [0.25, 0.3) is 0 Å². The minimum absolute atomic E-state index is 0.105. The molecule has 1 aliphatic carbocycles. The molecule has 2 aliphatic rings. The maximum absolute atomic E-state index is 12.0. The number of benzene rings is 1. The second-order valence-corrected chi connectivity index (χ2v) is 8.05.